The molecule has 1 amide bonds. The molecule has 1 aliphatic heterocycles. The summed E-state index contributed by atoms with van der Waals surface area (Å²) in [6, 6.07) is 9.33. The second kappa shape index (κ2) is 8.49. The molecule has 0 saturated carbocycles. The Hall–Kier alpha value is -2.34. The lowest BCUT2D eigenvalue weighted by atomic mass is 9.97. The van der Waals surface area contributed by atoms with Crippen LogP contribution in [0, 0.1) is 0 Å². The van der Waals surface area contributed by atoms with Crippen LogP contribution in [0.2, 0.25) is 0 Å². The van der Waals surface area contributed by atoms with Crippen LogP contribution in [0.3, 0.4) is 0 Å². The molecule has 1 aromatic carbocycles. The normalized spacial score (nSPS) is 20.2. The minimum absolute atomic E-state index is 0.0226. The molecule has 0 aliphatic carbocycles. The van der Waals surface area contributed by atoms with Crippen LogP contribution in [0.1, 0.15) is 32.3 Å². The molecule has 6 heteroatoms. The zero-order chi connectivity index (χ0) is 17.5. The van der Waals surface area contributed by atoms with Gasteiger partial charge < -0.3 is 14.2 Å². The van der Waals surface area contributed by atoms with Crippen molar-refractivity contribution in [3.63, 3.8) is 0 Å². The first kappa shape index (κ1) is 18.0. The summed E-state index contributed by atoms with van der Waals surface area (Å²) in [7, 11) is 1.28. The van der Waals surface area contributed by atoms with Crippen LogP contribution in [0.25, 0.3) is 0 Å². The summed E-state index contributed by atoms with van der Waals surface area (Å²) in [5.74, 6) is -0.581. The van der Waals surface area contributed by atoms with Gasteiger partial charge in [0.15, 0.2) is 0 Å². The maximum Gasteiger partial charge on any atom is 0.412 e. The minimum atomic E-state index is -0.682. The summed E-state index contributed by atoms with van der Waals surface area (Å²) in [6.45, 7) is 3.99. The highest BCUT2D eigenvalue weighted by molar-refractivity contribution is 5.93. The fourth-order valence-corrected chi connectivity index (χ4v) is 2.72. The summed E-state index contributed by atoms with van der Waals surface area (Å²) < 4.78 is 15.6. The summed E-state index contributed by atoms with van der Waals surface area (Å²) in [5, 5.41) is 2.54. The molecule has 6 nitrogen and oxygen atoms in total. The number of nitrogens with one attached hydrogen (secondary N) is 1. The Morgan fingerprint density at radius 2 is 1.79 bits per heavy atom. The number of carbonyl (C=O) groups excluding carboxylic acids is 2. The molecule has 24 heavy (non-hydrogen) atoms. The van der Waals surface area contributed by atoms with Crippen molar-refractivity contribution in [2.75, 3.05) is 7.11 Å². The number of carbonyl (C=O) groups is 2. The van der Waals surface area contributed by atoms with Crippen molar-refractivity contribution >= 4 is 12.1 Å². The average Bonchev–Trinajstić information content (AvgIpc) is 2.57. The smallest absolute Gasteiger partial charge is 0.412 e. The molecule has 0 spiro atoms. The van der Waals surface area contributed by atoms with Gasteiger partial charge in [-0.25, -0.2) is 9.59 Å². The van der Waals surface area contributed by atoms with E-state index in [9.17, 15) is 9.59 Å². The van der Waals surface area contributed by atoms with Gasteiger partial charge in [0.2, 0.25) is 0 Å². The molecule has 1 saturated heterocycles. The van der Waals surface area contributed by atoms with E-state index in [0.29, 0.717) is 12.8 Å². The molecule has 1 aliphatic rings. The van der Waals surface area contributed by atoms with Gasteiger partial charge in [-0.1, -0.05) is 30.3 Å². The molecule has 130 valence electrons. The van der Waals surface area contributed by atoms with Crippen LogP contribution >= 0.6 is 0 Å². The Kier molecular flexibility index (Phi) is 6.37. The molecule has 0 radical (unpaired) electrons. The Morgan fingerprint density at radius 3 is 2.38 bits per heavy atom. The number of esters is 1. The minimum Gasteiger partial charge on any atom is -0.464 e. The van der Waals surface area contributed by atoms with E-state index in [2.05, 4.69) is 5.32 Å². The zero-order valence-electron chi connectivity index (χ0n) is 14.2. The van der Waals surface area contributed by atoms with Crippen molar-refractivity contribution < 1.29 is 23.8 Å². The lowest BCUT2D eigenvalue weighted by molar-refractivity contribution is -0.136. The fourth-order valence-electron chi connectivity index (χ4n) is 2.72. The van der Waals surface area contributed by atoms with Crippen LogP contribution in [0.4, 0.5) is 4.79 Å². The summed E-state index contributed by atoms with van der Waals surface area (Å²) in [6.07, 6.45) is 0.399. The lowest BCUT2D eigenvalue weighted by Crippen LogP contribution is -2.33. The van der Waals surface area contributed by atoms with E-state index >= 15 is 0 Å². The number of hydrogen-bond donors (Lipinski definition) is 1. The molecule has 1 fully saturated rings. The summed E-state index contributed by atoms with van der Waals surface area (Å²) >= 11 is 0. The maximum absolute atomic E-state index is 12.0. The topological polar surface area (TPSA) is 73.9 Å². The second-order valence-electron chi connectivity index (χ2n) is 5.82. The van der Waals surface area contributed by atoms with E-state index in [1.807, 2.05) is 44.2 Å². The number of ether oxygens (including phenoxy) is 3. The van der Waals surface area contributed by atoms with Crippen molar-refractivity contribution in [2.45, 2.75) is 45.5 Å². The fraction of sp³-hybridized carbons (Fsp3) is 0.444. The molecule has 0 bridgehead atoms. The van der Waals surface area contributed by atoms with Gasteiger partial charge in [0, 0.05) is 0 Å². The van der Waals surface area contributed by atoms with Crippen molar-refractivity contribution in [1.29, 1.82) is 0 Å². The largest absolute Gasteiger partial charge is 0.464 e. The van der Waals surface area contributed by atoms with Crippen molar-refractivity contribution in [1.82, 2.24) is 5.32 Å². The van der Waals surface area contributed by atoms with E-state index in [-0.39, 0.29) is 24.5 Å². The van der Waals surface area contributed by atoms with Crippen LogP contribution in [-0.2, 0) is 25.6 Å². The number of alkyl carbamates (subject to hydrolysis) is 1. The highest BCUT2D eigenvalue weighted by atomic mass is 16.6. The number of methoxy groups -OCH3 is 1. The molecular formula is C18H23NO5. The number of amides is 1. The molecule has 0 unspecified atom stereocenters. The van der Waals surface area contributed by atoms with Crippen LogP contribution in [0.15, 0.2) is 41.6 Å². The van der Waals surface area contributed by atoms with Gasteiger partial charge in [-0.05, 0) is 37.8 Å². The Balaban J connectivity index is 2.05. The molecule has 2 rings (SSSR count). The monoisotopic (exact) mass is 333 g/mol. The van der Waals surface area contributed by atoms with E-state index in [0.717, 1.165) is 11.1 Å². The number of hydrogen-bond acceptors (Lipinski definition) is 5. The van der Waals surface area contributed by atoms with Crippen molar-refractivity contribution in [2.24, 2.45) is 0 Å². The van der Waals surface area contributed by atoms with E-state index in [1.54, 1.807) is 0 Å². The number of rotatable bonds is 4. The molecule has 1 aromatic rings. The first-order chi connectivity index (χ1) is 11.5. The maximum atomic E-state index is 12.0. The van der Waals surface area contributed by atoms with Gasteiger partial charge in [0.25, 0.3) is 0 Å². The summed E-state index contributed by atoms with van der Waals surface area (Å²) in [5.41, 5.74) is 1.83. The predicted molar refractivity (Wildman–Crippen MR) is 88.0 cm³/mol. The average molecular weight is 333 g/mol. The van der Waals surface area contributed by atoms with E-state index in [1.165, 1.54) is 7.11 Å². The van der Waals surface area contributed by atoms with Gasteiger partial charge >= 0.3 is 12.1 Å². The Morgan fingerprint density at radius 1 is 1.17 bits per heavy atom. The third kappa shape index (κ3) is 5.09. The predicted octanol–water partition coefficient (Wildman–Crippen LogP) is 2.93. The van der Waals surface area contributed by atoms with Crippen molar-refractivity contribution in [3.05, 3.63) is 47.2 Å². The van der Waals surface area contributed by atoms with E-state index < -0.39 is 12.1 Å². The van der Waals surface area contributed by atoms with Gasteiger partial charge in [0.1, 0.15) is 12.3 Å². The van der Waals surface area contributed by atoms with Gasteiger partial charge in [-0.15, -0.1) is 0 Å². The zero-order valence-corrected chi connectivity index (χ0v) is 14.2. The first-order valence-electron chi connectivity index (χ1n) is 7.93. The van der Waals surface area contributed by atoms with Gasteiger partial charge in [0.05, 0.1) is 19.3 Å². The van der Waals surface area contributed by atoms with Gasteiger partial charge in [-0.3, -0.25) is 5.32 Å². The summed E-state index contributed by atoms with van der Waals surface area (Å²) in [4.78, 5) is 24.1. The molecule has 2 atom stereocenters. The molecule has 0 aromatic heterocycles. The standard InChI is InChI=1S/C18H23NO5/c1-12-9-15(10-13(2)24-12)16(17(20)22-3)19-18(21)23-11-14-7-5-4-6-8-14/h4-8,12-13H,9-11H2,1-3H3,(H,19,21)/t12-,13-/m1/s1. The quantitative estimate of drug-likeness (QED) is 0.677. The van der Waals surface area contributed by atoms with Crippen LogP contribution < -0.4 is 5.32 Å². The van der Waals surface area contributed by atoms with Crippen molar-refractivity contribution in [3.8, 4) is 0 Å². The van der Waals surface area contributed by atoms with Gasteiger partial charge in [-0.2, -0.15) is 0 Å². The highest BCUT2D eigenvalue weighted by Crippen LogP contribution is 2.26. The Labute approximate surface area is 141 Å². The van der Waals surface area contributed by atoms with Crippen LogP contribution in [-0.4, -0.2) is 31.4 Å². The number of benzene rings is 1. The first-order valence-corrected chi connectivity index (χ1v) is 7.93. The molecular weight excluding hydrogens is 310 g/mol. The van der Waals surface area contributed by atoms with E-state index in [4.69, 9.17) is 14.2 Å². The molecule has 1 heterocycles. The lowest BCUT2D eigenvalue weighted by Gasteiger charge is -2.28. The third-order valence-electron chi connectivity index (χ3n) is 3.72. The Bertz CT molecular complexity index is 599. The SMILES string of the molecule is COC(=O)C(NC(=O)OCc1ccccc1)=C1C[C@@H](C)O[C@H](C)C1. The third-order valence-corrected chi connectivity index (χ3v) is 3.72. The second-order valence-corrected chi connectivity index (χ2v) is 5.82. The highest BCUT2D eigenvalue weighted by Gasteiger charge is 2.26. The molecule has 1 N–H and O–H groups in total. The van der Waals surface area contributed by atoms with Crippen LogP contribution in [0.5, 0.6) is 0 Å².